The van der Waals surface area contributed by atoms with Gasteiger partial charge >= 0.3 is 0 Å². The Morgan fingerprint density at radius 1 is 1.19 bits per heavy atom. The van der Waals surface area contributed by atoms with Crippen molar-refractivity contribution in [2.45, 2.75) is 33.2 Å². The molecule has 1 amide bonds. The molecule has 142 valence electrons. The van der Waals surface area contributed by atoms with Crippen molar-refractivity contribution in [3.05, 3.63) is 47.1 Å². The fraction of sp³-hybridized carbons (Fsp3) is 0.450. The average molecular weight is 367 g/mol. The Kier molecular flexibility index (Phi) is 4.94. The normalized spacial score (nSPS) is 15.6. The van der Waals surface area contributed by atoms with Crippen LogP contribution in [0.4, 0.5) is 0 Å². The number of piperazine rings is 1. The van der Waals surface area contributed by atoms with Gasteiger partial charge in [0.05, 0.1) is 16.7 Å². The van der Waals surface area contributed by atoms with Crippen LogP contribution in [0, 0.1) is 13.8 Å². The van der Waals surface area contributed by atoms with Crippen LogP contribution in [0.25, 0.3) is 11.0 Å². The van der Waals surface area contributed by atoms with E-state index >= 15 is 0 Å². The predicted molar refractivity (Wildman–Crippen MR) is 102 cm³/mol. The van der Waals surface area contributed by atoms with Gasteiger partial charge in [0, 0.05) is 51.1 Å². The lowest BCUT2D eigenvalue weighted by Crippen LogP contribution is -2.48. The lowest BCUT2D eigenvalue weighted by molar-refractivity contribution is -0.133. The number of fused-ring (bicyclic) bond motifs is 1. The number of nitrogens with one attached hydrogen (secondary N) is 1. The lowest BCUT2D eigenvalue weighted by Gasteiger charge is -2.34. The van der Waals surface area contributed by atoms with Crippen LogP contribution in [-0.2, 0) is 17.8 Å². The number of aromatic amines is 1. The SMILES string of the molecule is Cc1noc(C)c1CN1CCN(C(=O)CCc2nc3ccccc3[nH]2)CC1. The molecule has 7 heteroatoms. The summed E-state index contributed by atoms with van der Waals surface area (Å²) >= 11 is 0. The van der Waals surface area contributed by atoms with Crippen LogP contribution in [0.5, 0.6) is 0 Å². The van der Waals surface area contributed by atoms with E-state index in [1.165, 1.54) is 5.56 Å². The highest BCUT2D eigenvalue weighted by molar-refractivity contribution is 5.77. The predicted octanol–water partition coefficient (Wildman–Crippen LogP) is 2.44. The highest BCUT2D eigenvalue weighted by atomic mass is 16.5. The van der Waals surface area contributed by atoms with Gasteiger partial charge in [-0.3, -0.25) is 9.69 Å². The minimum absolute atomic E-state index is 0.201. The number of hydrogen-bond donors (Lipinski definition) is 1. The number of para-hydroxylation sites is 2. The highest BCUT2D eigenvalue weighted by Crippen LogP contribution is 2.17. The van der Waals surface area contributed by atoms with Crippen LogP contribution in [0.1, 0.15) is 29.3 Å². The first kappa shape index (κ1) is 17.7. The van der Waals surface area contributed by atoms with Gasteiger partial charge in [-0.1, -0.05) is 17.3 Å². The van der Waals surface area contributed by atoms with Gasteiger partial charge in [-0.05, 0) is 26.0 Å². The van der Waals surface area contributed by atoms with Crippen LogP contribution < -0.4 is 0 Å². The molecule has 0 atom stereocenters. The van der Waals surface area contributed by atoms with E-state index in [2.05, 4.69) is 20.0 Å². The molecular formula is C20H25N5O2. The van der Waals surface area contributed by atoms with Crippen molar-refractivity contribution in [1.82, 2.24) is 24.9 Å². The summed E-state index contributed by atoms with van der Waals surface area (Å²) in [5.74, 6) is 1.96. The third-order valence-electron chi connectivity index (χ3n) is 5.30. The first-order valence-electron chi connectivity index (χ1n) is 9.45. The molecule has 1 aliphatic rings. The zero-order valence-corrected chi connectivity index (χ0v) is 15.9. The number of imidazole rings is 1. The molecule has 1 N–H and O–H groups in total. The molecule has 0 radical (unpaired) electrons. The molecule has 2 aromatic heterocycles. The molecule has 0 unspecified atom stereocenters. The Labute approximate surface area is 158 Å². The maximum absolute atomic E-state index is 12.6. The van der Waals surface area contributed by atoms with E-state index in [4.69, 9.17) is 4.52 Å². The molecule has 0 bridgehead atoms. The van der Waals surface area contributed by atoms with E-state index in [-0.39, 0.29) is 5.91 Å². The number of benzene rings is 1. The van der Waals surface area contributed by atoms with E-state index in [9.17, 15) is 4.79 Å². The maximum atomic E-state index is 12.6. The second-order valence-corrected chi connectivity index (χ2v) is 7.16. The van der Waals surface area contributed by atoms with Crippen molar-refractivity contribution in [3.8, 4) is 0 Å². The number of amides is 1. The fourth-order valence-electron chi connectivity index (χ4n) is 3.61. The van der Waals surface area contributed by atoms with Crippen molar-refractivity contribution in [2.24, 2.45) is 0 Å². The van der Waals surface area contributed by atoms with E-state index in [0.29, 0.717) is 12.8 Å². The number of nitrogens with zero attached hydrogens (tertiary/aromatic N) is 4. The van der Waals surface area contributed by atoms with Crippen LogP contribution in [-0.4, -0.2) is 57.0 Å². The number of carbonyl (C=O) groups excluding carboxylic acids is 1. The Bertz CT molecular complexity index is 884. The van der Waals surface area contributed by atoms with Crippen molar-refractivity contribution in [3.63, 3.8) is 0 Å². The Morgan fingerprint density at radius 3 is 2.67 bits per heavy atom. The molecule has 0 aliphatic carbocycles. The molecular weight excluding hydrogens is 342 g/mol. The van der Waals surface area contributed by atoms with Gasteiger partial charge in [0.1, 0.15) is 11.6 Å². The Morgan fingerprint density at radius 2 is 1.96 bits per heavy atom. The van der Waals surface area contributed by atoms with Gasteiger partial charge in [-0.25, -0.2) is 4.98 Å². The number of hydrogen-bond acceptors (Lipinski definition) is 5. The van der Waals surface area contributed by atoms with E-state index < -0.39 is 0 Å². The standard InChI is InChI=1S/C20H25N5O2/c1-14-16(15(2)27-23-14)13-24-9-11-25(12-10-24)20(26)8-7-19-21-17-5-3-4-6-18(17)22-19/h3-6H,7-13H2,1-2H3,(H,21,22). The third kappa shape index (κ3) is 3.88. The largest absolute Gasteiger partial charge is 0.361 e. The van der Waals surface area contributed by atoms with Gasteiger partial charge in [-0.2, -0.15) is 0 Å². The number of carbonyl (C=O) groups is 1. The number of aryl methyl sites for hydroxylation is 3. The molecule has 3 heterocycles. The summed E-state index contributed by atoms with van der Waals surface area (Å²) in [6.45, 7) is 8.05. The molecule has 7 nitrogen and oxygen atoms in total. The van der Waals surface area contributed by atoms with Gasteiger partial charge in [0.2, 0.25) is 5.91 Å². The van der Waals surface area contributed by atoms with Crippen molar-refractivity contribution >= 4 is 16.9 Å². The topological polar surface area (TPSA) is 78.3 Å². The number of H-pyrrole nitrogens is 1. The van der Waals surface area contributed by atoms with Crippen LogP contribution in [0.15, 0.2) is 28.8 Å². The molecule has 27 heavy (non-hydrogen) atoms. The monoisotopic (exact) mass is 367 g/mol. The van der Waals surface area contributed by atoms with E-state index in [1.807, 2.05) is 43.0 Å². The van der Waals surface area contributed by atoms with Gasteiger partial charge in [-0.15, -0.1) is 0 Å². The summed E-state index contributed by atoms with van der Waals surface area (Å²) < 4.78 is 5.24. The smallest absolute Gasteiger partial charge is 0.223 e. The minimum Gasteiger partial charge on any atom is -0.361 e. The van der Waals surface area contributed by atoms with Crippen LogP contribution in [0.3, 0.4) is 0 Å². The summed E-state index contributed by atoms with van der Waals surface area (Å²) in [6, 6.07) is 7.94. The fourth-order valence-corrected chi connectivity index (χ4v) is 3.61. The summed E-state index contributed by atoms with van der Waals surface area (Å²) in [7, 11) is 0. The highest BCUT2D eigenvalue weighted by Gasteiger charge is 2.23. The zero-order valence-electron chi connectivity index (χ0n) is 15.9. The molecule has 1 aliphatic heterocycles. The van der Waals surface area contributed by atoms with Gasteiger partial charge in [0.25, 0.3) is 0 Å². The van der Waals surface area contributed by atoms with E-state index in [0.717, 1.165) is 61.0 Å². The van der Waals surface area contributed by atoms with Crippen molar-refractivity contribution < 1.29 is 9.32 Å². The second kappa shape index (κ2) is 7.52. The number of aromatic nitrogens is 3. The summed E-state index contributed by atoms with van der Waals surface area (Å²) in [4.78, 5) is 24.7. The second-order valence-electron chi connectivity index (χ2n) is 7.16. The summed E-state index contributed by atoms with van der Waals surface area (Å²) in [6.07, 6.45) is 1.14. The molecule has 1 fully saturated rings. The quantitative estimate of drug-likeness (QED) is 0.749. The number of rotatable bonds is 5. The minimum atomic E-state index is 0.201. The Balaban J connectivity index is 1.27. The van der Waals surface area contributed by atoms with Crippen LogP contribution >= 0.6 is 0 Å². The molecule has 1 aromatic carbocycles. The molecule has 4 rings (SSSR count). The van der Waals surface area contributed by atoms with Crippen LogP contribution in [0.2, 0.25) is 0 Å². The maximum Gasteiger partial charge on any atom is 0.223 e. The van der Waals surface area contributed by atoms with E-state index in [1.54, 1.807) is 0 Å². The summed E-state index contributed by atoms with van der Waals surface area (Å²) in [5, 5.41) is 4.02. The van der Waals surface area contributed by atoms with Gasteiger partial charge in [0.15, 0.2) is 0 Å². The summed E-state index contributed by atoms with van der Waals surface area (Å²) in [5.41, 5.74) is 4.09. The van der Waals surface area contributed by atoms with Crippen molar-refractivity contribution in [2.75, 3.05) is 26.2 Å². The first-order valence-corrected chi connectivity index (χ1v) is 9.45. The van der Waals surface area contributed by atoms with Gasteiger partial charge < -0.3 is 14.4 Å². The van der Waals surface area contributed by atoms with Crippen molar-refractivity contribution in [1.29, 1.82) is 0 Å². The molecule has 0 saturated carbocycles. The zero-order chi connectivity index (χ0) is 18.8. The molecule has 0 spiro atoms. The lowest BCUT2D eigenvalue weighted by atomic mass is 10.1. The average Bonchev–Trinajstić information content (AvgIpc) is 3.24. The third-order valence-corrected chi connectivity index (χ3v) is 5.30. The molecule has 1 saturated heterocycles. The Hall–Kier alpha value is -2.67. The molecule has 3 aromatic rings. The first-order chi connectivity index (χ1) is 13.1.